The number of morpholine rings is 1. The summed E-state index contributed by atoms with van der Waals surface area (Å²) in [4.78, 5) is 2.75. The molecule has 0 aromatic carbocycles. The second kappa shape index (κ2) is 9.24. The van der Waals surface area contributed by atoms with Crippen molar-refractivity contribution in [1.29, 1.82) is 0 Å². The van der Waals surface area contributed by atoms with Crippen LogP contribution in [-0.4, -0.2) is 48.8 Å². The molecule has 2 aliphatic rings. The molecule has 2 rings (SSSR count). The Balaban J connectivity index is 1.90. The number of likely N-dealkylation sites (tertiary alicyclic amines) is 1. The Labute approximate surface area is 138 Å². The molecule has 2 unspecified atom stereocenters. The normalized spacial score (nSPS) is 28.5. The lowest BCUT2D eigenvalue weighted by molar-refractivity contribution is 0.0113. The summed E-state index contributed by atoms with van der Waals surface area (Å²) in [5.41, 5.74) is 0.380. The Bertz CT molecular complexity index is 296. The highest BCUT2D eigenvalue weighted by Crippen LogP contribution is 2.33. The summed E-state index contributed by atoms with van der Waals surface area (Å²) in [5, 5.41) is 3.66. The first-order valence-corrected chi connectivity index (χ1v) is 9.79. The van der Waals surface area contributed by atoms with E-state index in [0.29, 0.717) is 17.7 Å². The molecule has 0 bridgehead atoms. The van der Waals surface area contributed by atoms with Crippen molar-refractivity contribution in [2.24, 2.45) is 0 Å². The third-order valence-corrected chi connectivity index (χ3v) is 5.76. The molecule has 2 aliphatic heterocycles. The number of nitrogens with zero attached hydrogens (tertiary/aromatic N) is 1. The van der Waals surface area contributed by atoms with E-state index in [0.717, 1.165) is 19.7 Å². The molecule has 3 heteroatoms. The Hall–Kier alpha value is -0.120. The van der Waals surface area contributed by atoms with Crippen LogP contribution in [0.15, 0.2) is 0 Å². The predicted octanol–water partition coefficient (Wildman–Crippen LogP) is 3.97. The van der Waals surface area contributed by atoms with Crippen molar-refractivity contribution in [3.8, 4) is 0 Å². The molecule has 1 N–H and O–H groups in total. The second-order valence-corrected chi connectivity index (χ2v) is 7.64. The quantitative estimate of drug-likeness (QED) is 0.618. The van der Waals surface area contributed by atoms with Gasteiger partial charge in [0.05, 0.1) is 12.7 Å². The maximum atomic E-state index is 5.99. The number of hydrogen-bond acceptors (Lipinski definition) is 3. The topological polar surface area (TPSA) is 24.5 Å². The Morgan fingerprint density at radius 1 is 1.00 bits per heavy atom. The molecule has 22 heavy (non-hydrogen) atoms. The van der Waals surface area contributed by atoms with E-state index in [4.69, 9.17) is 4.74 Å². The molecular weight excluding hydrogens is 272 g/mol. The summed E-state index contributed by atoms with van der Waals surface area (Å²) in [5.74, 6) is 0. The number of ether oxygens (including phenoxy) is 1. The first-order valence-electron chi connectivity index (χ1n) is 9.79. The molecule has 0 saturated carbocycles. The molecule has 2 saturated heterocycles. The van der Waals surface area contributed by atoms with Crippen LogP contribution in [-0.2, 0) is 4.74 Å². The van der Waals surface area contributed by atoms with Gasteiger partial charge >= 0.3 is 0 Å². The maximum absolute atomic E-state index is 5.99. The van der Waals surface area contributed by atoms with E-state index in [2.05, 4.69) is 31.0 Å². The zero-order valence-electron chi connectivity index (χ0n) is 15.2. The molecule has 2 heterocycles. The van der Waals surface area contributed by atoms with Crippen molar-refractivity contribution < 1.29 is 4.74 Å². The van der Waals surface area contributed by atoms with Gasteiger partial charge in [0.25, 0.3) is 0 Å². The van der Waals surface area contributed by atoms with Crippen LogP contribution in [0.2, 0.25) is 0 Å². The minimum absolute atomic E-state index is 0.380. The highest BCUT2D eigenvalue weighted by atomic mass is 16.5. The van der Waals surface area contributed by atoms with Crippen LogP contribution in [0.1, 0.15) is 78.6 Å². The zero-order chi connectivity index (χ0) is 15.8. The van der Waals surface area contributed by atoms with Crippen LogP contribution in [0.5, 0.6) is 0 Å². The fourth-order valence-electron chi connectivity index (χ4n) is 4.16. The highest BCUT2D eigenvalue weighted by molar-refractivity contribution is 4.99. The second-order valence-electron chi connectivity index (χ2n) is 7.64. The third-order valence-electron chi connectivity index (χ3n) is 5.76. The molecule has 130 valence electrons. The van der Waals surface area contributed by atoms with Gasteiger partial charge in [0.2, 0.25) is 0 Å². The van der Waals surface area contributed by atoms with E-state index in [1.54, 1.807) is 0 Å². The average Bonchev–Trinajstić information content (AvgIpc) is 2.97. The largest absolute Gasteiger partial charge is 0.374 e. The molecule has 2 fully saturated rings. The summed E-state index contributed by atoms with van der Waals surface area (Å²) in [6.07, 6.45) is 12.7. The number of nitrogens with one attached hydrogen (secondary N) is 1. The Morgan fingerprint density at radius 3 is 2.36 bits per heavy atom. The van der Waals surface area contributed by atoms with Crippen molar-refractivity contribution in [3.63, 3.8) is 0 Å². The van der Waals surface area contributed by atoms with Crippen molar-refractivity contribution in [1.82, 2.24) is 10.2 Å². The molecule has 3 atom stereocenters. The average molecular weight is 311 g/mol. The van der Waals surface area contributed by atoms with Crippen molar-refractivity contribution >= 4 is 0 Å². The summed E-state index contributed by atoms with van der Waals surface area (Å²) in [7, 11) is 0. The predicted molar refractivity (Wildman–Crippen MR) is 94.4 cm³/mol. The van der Waals surface area contributed by atoms with E-state index in [9.17, 15) is 0 Å². The van der Waals surface area contributed by atoms with Crippen LogP contribution in [0, 0.1) is 0 Å². The van der Waals surface area contributed by atoms with Gasteiger partial charge in [0, 0.05) is 31.2 Å². The molecule has 0 radical (unpaired) electrons. The van der Waals surface area contributed by atoms with Crippen LogP contribution in [0.3, 0.4) is 0 Å². The van der Waals surface area contributed by atoms with Crippen molar-refractivity contribution in [3.05, 3.63) is 0 Å². The Kier molecular flexibility index (Phi) is 7.66. The smallest absolute Gasteiger partial charge is 0.0868 e. The maximum Gasteiger partial charge on any atom is 0.0868 e. The van der Waals surface area contributed by atoms with Crippen molar-refractivity contribution in [2.75, 3.05) is 26.2 Å². The van der Waals surface area contributed by atoms with Crippen molar-refractivity contribution in [2.45, 2.75) is 96.2 Å². The lowest BCUT2D eigenvalue weighted by atomic mass is 9.86. The van der Waals surface area contributed by atoms with Gasteiger partial charge in [-0.15, -0.1) is 0 Å². The molecule has 0 aromatic heterocycles. The summed E-state index contributed by atoms with van der Waals surface area (Å²) >= 11 is 0. The van der Waals surface area contributed by atoms with Crippen LogP contribution < -0.4 is 5.32 Å². The lowest BCUT2D eigenvalue weighted by Crippen LogP contribution is -2.48. The van der Waals surface area contributed by atoms with E-state index in [1.807, 2.05) is 0 Å². The molecule has 3 nitrogen and oxygen atoms in total. The monoisotopic (exact) mass is 310 g/mol. The molecule has 0 spiro atoms. The van der Waals surface area contributed by atoms with Gasteiger partial charge in [-0.05, 0) is 19.8 Å². The van der Waals surface area contributed by atoms with Gasteiger partial charge in [0.15, 0.2) is 0 Å². The van der Waals surface area contributed by atoms with Gasteiger partial charge in [-0.1, -0.05) is 58.8 Å². The first kappa shape index (κ1) is 18.2. The molecule has 0 amide bonds. The van der Waals surface area contributed by atoms with E-state index < -0.39 is 0 Å². The molecule has 0 aromatic rings. The van der Waals surface area contributed by atoms with E-state index in [-0.39, 0.29) is 0 Å². The molecule has 0 aliphatic carbocycles. The Morgan fingerprint density at radius 2 is 1.68 bits per heavy atom. The van der Waals surface area contributed by atoms with Crippen LogP contribution in [0.4, 0.5) is 0 Å². The fraction of sp³-hybridized carbons (Fsp3) is 1.00. The van der Waals surface area contributed by atoms with E-state index >= 15 is 0 Å². The van der Waals surface area contributed by atoms with Crippen LogP contribution >= 0.6 is 0 Å². The van der Waals surface area contributed by atoms with Gasteiger partial charge < -0.3 is 10.1 Å². The zero-order valence-corrected chi connectivity index (χ0v) is 15.2. The van der Waals surface area contributed by atoms with Gasteiger partial charge in [-0.25, -0.2) is 0 Å². The molecular formula is C19H38N2O. The standard InChI is InChI=1S/C19H38N2O/c1-4-6-8-10-12-19(3,11-9-7-5-2)21-15-17-18(16-21)22-14-13-20-17/h17-18,20H,4-16H2,1-3H3/t17-,18?,19?/m0/s1. The first-order chi connectivity index (χ1) is 10.7. The van der Waals surface area contributed by atoms with Gasteiger partial charge in [-0.3, -0.25) is 4.90 Å². The van der Waals surface area contributed by atoms with E-state index in [1.165, 1.54) is 64.3 Å². The fourth-order valence-corrected chi connectivity index (χ4v) is 4.16. The minimum atomic E-state index is 0.380. The van der Waals surface area contributed by atoms with Gasteiger partial charge in [-0.2, -0.15) is 0 Å². The lowest BCUT2D eigenvalue weighted by Gasteiger charge is -2.39. The van der Waals surface area contributed by atoms with Gasteiger partial charge in [0.1, 0.15) is 0 Å². The summed E-state index contributed by atoms with van der Waals surface area (Å²) in [6.45, 7) is 11.4. The highest BCUT2D eigenvalue weighted by Gasteiger charge is 2.42. The number of fused-ring (bicyclic) bond motifs is 1. The number of rotatable bonds is 10. The number of hydrogen-bond donors (Lipinski definition) is 1. The summed E-state index contributed by atoms with van der Waals surface area (Å²) < 4.78 is 5.99. The minimum Gasteiger partial charge on any atom is -0.374 e. The van der Waals surface area contributed by atoms with Crippen LogP contribution in [0.25, 0.3) is 0 Å². The third kappa shape index (κ3) is 4.94. The SMILES string of the molecule is CCCCCCC(C)(CCCCC)N1CC2OCCN[C@H]2C1. The number of unbranched alkanes of at least 4 members (excludes halogenated alkanes) is 5. The summed E-state index contributed by atoms with van der Waals surface area (Å²) in [6, 6.07) is 0.565.